The van der Waals surface area contributed by atoms with E-state index in [-0.39, 0.29) is 12.5 Å². The smallest absolute Gasteiger partial charge is 0.396 e. The Kier molecular flexibility index (Phi) is 3.20. The highest BCUT2D eigenvalue weighted by Crippen LogP contribution is 2.16. The number of nitrogens with zero attached hydrogens (tertiary/aromatic N) is 1. The van der Waals surface area contributed by atoms with Gasteiger partial charge in [-0.3, -0.25) is 0 Å². The van der Waals surface area contributed by atoms with Gasteiger partial charge in [0.2, 0.25) is 0 Å². The van der Waals surface area contributed by atoms with E-state index in [1.807, 2.05) is 0 Å². The fraction of sp³-hybridized carbons (Fsp3) is 0.857. The molecular weight excluding hydrogens is 201 g/mol. The lowest BCUT2D eigenvalue weighted by molar-refractivity contribution is -0.123. The maximum Gasteiger partial charge on any atom is 0.405 e. The quantitative estimate of drug-likeness (QED) is 0.686. The predicted octanol–water partition coefficient (Wildman–Crippen LogP) is 0.182. The van der Waals surface area contributed by atoms with Crippen LogP contribution < -0.4 is 5.32 Å². The third-order valence-corrected chi connectivity index (χ3v) is 1.94. The van der Waals surface area contributed by atoms with Crippen molar-refractivity contribution < 1.29 is 23.1 Å². The number of carbonyl (C=O) groups is 1. The third kappa shape index (κ3) is 3.06. The molecule has 2 amide bonds. The van der Waals surface area contributed by atoms with Crippen molar-refractivity contribution in [1.82, 2.24) is 10.2 Å². The summed E-state index contributed by atoms with van der Waals surface area (Å²) >= 11 is 0. The molecule has 82 valence electrons. The van der Waals surface area contributed by atoms with Gasteiger partial charge in [-0.05, 0) is 0 Å². The summed E-state index contributed by atoms with van der Waals surface area (Å²) in [6.45, 7) is -0.713. The second-order valence-corrected chi connectivity index (χ2v) is 3.23. The first-order chi connectivity index (χ1) is 6.42. The van der Waals surface area contributed by atoms with Crippen molar-refractivity contribution >= 4 is 6.03 Å². The zero-order valence-corrected chi connectivity index (χ0v) is 7.34. The van der Waals surface area contributed by atoms with Gasteiger partial charge in [0.25, 0.3) is 0 Å². The molecule has 0 aromatic heterocycles. The Bertz CT molecular complexity index is 213. The van der Waals surface area contributed by atoms with Gasteiger partial charge in [-0.2, -0.15) is 13.2 Å². The molecule has 1 aliphatic rings. The zero-order valence-electron chi connectivity index (χ0n) is 7.34. The summed E-state index contributed by atoms with van der Waals surface area (Å²) in [5.41, 5.74) is 0. The normalized spacial score (nSPS) is 17.9. The van der Waals surface area contributed by atoms with Crippen LogP contribution in [0.2, 0.25) is 0 Å². The lowest BCUT2D eigenvalue weighted by Gasteiger charge is -2.38. The van der Waals surface area contributed by atoms with Crippen molar-refractivity contribution in [3.8, 4) is 0 Å². The minimum Gasteiger partial charge on any atom is -0.396 e. The van der Waals surface area contributed by atoms with E-state index in [9.17, 15) is 18.0 Å². The van der Waals surface area contributed by atoms with Crippen LogP contribution in [0.5, 0.6) is 0 Å². The number of rotatable bonds is 2. The van der Waals surface area contributed by atoms with E-state index in [0.717, 1.165) is 0 Å². The maximum absolute atomic E-state index is 11.7. The average Bonchev–Trinajstić information content (AvgIpc) is 1.97. The molecule has 1 aliphatic heterocycles. The van der Waals surface area contributed by atoms with Crippen LogP contribution in [0.1, 0.15) is 0 Å². The van der Waals surface area contributed by atoms with Gasteiger partial charge in [0, 0.05) is 25.6 Å². The topological polar surface area (TPSA) is 52.6 Å². The molecule has 0 bridgehead atoms. The number of nitrogens with one attached hydrogen (secondary N) is 1. The molecule has 0 spiro atoms. The van der Waals surface area contributed by atoms with Gasteiger partial charge in [-0.25, -0.2) is 4.79 Å². The molecule has 0 atom stereocenters. The van der Waals surface area contributed by atoms with Crippen LogP contribution >= 0.6 is 0 Å². The molecule has 1 saturated heterocycles. The number of aliphatic hydroxyl groups excluding tert-OH is 1. The predicted molar refractivity (Wildman–Crippen MR) is 41.6 cm³/mol. The van der Waals surface area contributed by atoms with E-state index in [4.69, 9.17) is 5.11 Å². The Morgan fingerprint density at radius 2 is 2.07 bits per heavy atom. The molecule has 0 unspecified atom stereocenters. The number of amides is 2. The van der Waals surface area contributed by atoms with E-state index >= 15 is 0 Å². The van der Waals surface area contributed by atoms with Gasteiger partial charge in [0.1, 0.15) is 6.54 Å². The third-order valence-electron chi connectivity index (χ3n) is 1.94. The van der Waals surface area contributed by atoms with E-state index in [2.05, 4.69) is 0 Å². The van der Waals surface area contributed by atoms with Crippen molar-refractivity contribution in [3.05, 3.63) is 0 Å². The van der Waals surface area contributed by atoms with Gasteiger partial charge in [-0.1, -0.05) is 0 Å². The Hall–Kier alpha value is -0.980. The van der Waals surface area contributed by atoms with Gasteiger partial charge < -0.3 is 15.3 Å². The summed E-state index contributed by atoms with van der Waals surface area (Å²) in [6.07, 6.45) is -4.38. The minimum absolute atomic E-state index is 0.00615. The molecule has 0 aromatic rings. The molecule has 0 aliphatic carbocycles. The molecule has 0 radical (unpaired) electrons. The number of halogens is 3. The van der Waals surface area contributed by atoms with Crippen LogP contribution in [0.4, 0.5) is 18.0 Å². The Morgan fingerprint density at radius 1 is 1.50 bits per heavy atom. The highest BCUT2D eigenvalue weighted by molar-refractivity contribution is 5.75. The van der Waals surface area contributed by atoms with Gasteiger partial charge in [0.05, 0.1) is 0 Å². The van der Waals surface area contributed by atoms with Crippen LogP contribution in [0.3, 0.4) is 0 Å². The number of hydrogen-bond acceptors (Lipinski definition) is 2. The fourth-order valence-corrected chi connectivity index (χ4v) is 1.14. The number of urea groups is 1. The van der Waals surface area contributed by atoms with Crippen molar-refractivity contribution in [2.24, 2.45) is 5.92 Å². The number of hydrogen-bond donors (Lipinski definition) is 2. The second-order valence-electron chi connectivity index (χ2n) is 3.23. The van der Waals surface area contributed by atoms with Crippen LogP contribution in [0.25, 0.3) is 0 Å². The summed E-state index contributed by atoms with van der Waals surface area (Å²) in [5.74, 6) is 0.00615. The molecule has 1 heterocycles. The summed E-state index contributed by atoms with van der Waals surface area (Å²) in [5, 5.41) is 10.4. The zero-order chi connectivity index (χ0) is 10.8. The number of alkyl halides is 3. The molecule has 7 heteroatoms. The Labute approximate surface area is 78.7 Å². The molecule has 14 heavy (non-hydrogen) atoms. The molecule has 2 N–H and O–H groups in total. The first kappa shape index (κ1) is 11.1. The summed E-state index contributed by atoms with van der Waals surface area (Å²) in [7, 11) is 0. The van der Waals surface area contributed by atoms with E-state index in [1.165, 1.54) is 4.90 Å². The first-order valence-electron chi connectivity index (χ1n) is 4.13. The van der Waals surface area contributed by atoms with Gasteiger partial charge in [0.15, 0.2) is 0 Å². The van der Waals surface area contributed by atoms with Crippen LogP contribution in [0, 0.1) is 5.92 Å². The van der Waals surface area contributed by atoms with Gasteiger partial charge in [-0.15, -0.1) is 0 Å². The van der Waals surface area contributed by atoms with E-state index in [1.54, 1.807) is 5.32 Å². The maximum atomic E-state index is 11.7. The SMILES string of the molecule is O=C(NCC(F)(F)F)N1CC(CO)C1. The second kappa shape index (κ2) is 4.04. The fourth-order valence-electron chi connectivity index (χ4n) is 1.14. The van der Waals surface area contributed by atoms with Crippen molar-refractivity contribution in [2.45, 2.75) is 6.18 Å². The highest BCUT2D eigenvalue weighted by Gasteiger charge is 2.33. The van der Waals surface area contributed by atoms with Gasteiger partial charge >= 0.3 is 12.2 Å². The standard InChI is InChI=1S/C7H11F3N2O2/c8-7(9,10)4-11-6(14)12-1-5(2-12)3-13/h5,13H,1-4H2,(H,11,14). The Balaban J connectivity index is 2.18. The summed E-state index contributed by atoms with van der Waals surface area (Å²) in [6, 6.07) is -0.730. The molecule has 4 nitrogen and oxygen atoms in total. The number of aliphatic hydroxyl groups is 1. The van der Waals surface area contributed by atoms with Crippen LogP contribution in [-0.4, -0.2) is 48.5 Å². The first-order valence-corrected chi connectivity index (χ1v) is 4.13. The van der Waals surface area contributed by atoms with Crippen molar-refractivity contribution in [1.29, 1.82) is 0 Å². The lowest BCUT2D eigenvalue weighted by atomic mass is 10.0. The van der Waals surface area contributed by atoms with Crippen LogP contribution in [0.15, 0.2) is 0 Å². The van der Waals surface area contributed by atoms with E-state index < -0.39 is 18.8 Å². The minimum atomic E-state index is -4.38. The largest absolute Gasteiger partial charge is 0.405 e. The molecule has 1 rings (SSSR count). The average molecular weight is 212 g/mol. The lowest BCUT2D eigenvalue weighted by Crippen LogP contribution is -2.55. The summed E-state index contributed by atoms with van der Waals surface area (Å²) < 4.78 is 35.0. The Morgan fingerprint density at radius 3 is 2.50 bits per heavy atom. The summed E-state index contributed by atoms with van der Waals surface area (Å²) in [4.78, 5) is 12.2. The monoisotopic (exact) mass is 212 g/mol. The molecular formula is C7H11F3N2O2. The van der Waals surface area contributed by atoms with E-state index in [0.29, 0.717) is 13.1 Å². The van der Waals surface area contributed by atoms with Crippen molar-refractivity contribution in [3.63, 3.8) is 0 Å². The highest BCUT2D eigenvalue weighted by atomic mass is 19.4. The number of likely N-dealkylation sites (tertiary alicyclic amines) is 1. The molecule has 1 fully saturated rings. The number of carbonyl (C=O) groups excluding carboxylic acids is 1. The van der Waals surface area contributed by atoms with Crippen LogP contribution in [-0.2, 0) is 0 Å². The molecule has 0 saturated carbocycles. The molecule has 0 aromatic carbocycles. The van der Waals surface area contributed by atoms with Crippen molar-refractivity contribution in [2.75, 3.05) is 26.2 Å².